The predicted octanol–water partition coefficient (Wildman–Crippen LogP) is -2.12. The van der Waals surface area contributed by atoms with Crippen molar-refractivity contribution >= 4 is 36.4 Å². The Morgan fingerprint density at radius 1 is 1.33 bits per heavy atom. The molecule has 9 nitrogen and oxygen atoms in total. The number of nitrogens with two attached hydrogens (primary N) is 1. The number of aliphatic carboxylic acids is 1. The van der Waals surface area contributed by atoms with E-state index in [2.05, 4.69) is 28.0 Å². The van der Waals surface area contributed by atoms with E-state index in [0.717, 1.165) is 0 Å². The van der Waals surface area contributed by atoms with Crippen molar-refractivity contribution in [3.63, 3.8) is 0 Å². The van der Waals surface area contributed by atoms with Crippen molar-refractivity contribution in [1.29, 1.82) is 0 Å². The molecule has 0 radical (unpaired) electrons. The first-order valence-electron chi connectivity index (χ1n) is 6.05. The summed E-state index contributed by atoms with van der Waals surface area (Å²) >= 11 is 3.91. The number of rotatable bonds is 9. The van der Waals surface area contributed by atoms with Crippen molar-refractivity contribution in [3.05, 3.63) is 0 Å². The number of carbonyl (C=O) groups excluding carboxylic acids is 3. The fraction of sp³-hybridized carbons (Fsp3) is 0.636. The van der Waals surface area contributed by atoms with Crippen LogP contribution in [0.4, 0.5) is 0 Å². The Kier molecular flexibility index (Phi) is 9.13. The number of ether oxygens (including phenoxy) is 1. The van der Waals surface area contributed by atoms with Crippen molar-refractivity contribution in [2.24, 2.45) is 5.73 Å². The number of carboxylic acids is 1. The van der Waals surface area contributed by atoms with Gasteiger partial charge in [-0.1, -0.05) is 0 Å². The number of hydrogen-bond donors (Lipinski definition) is 5. The maximum atomic E-state index is 11.6. The van der Waals surface area contributed by atoms with Crippen LogP contribution in [-0.2, 0) is 23.9 Å². The lowest BCUT2D eigenvalue weighted by Gasteiger charge is -2.16. The second-order valence-corrected chi connectivity index (χ2v) is 4.45. The van der Waals surface area contributed by atoms with Gasteiger partial charge in [0.05, 0.1) is 7.11 Å². The Bertz CT molecular complexity index is 403. The molecular formula is C11H19N3O6S. The van der Waals surface area contributed by atoms with Crippen LogP contribution in [0.25, 0.3) is 0 Å². The van der Waals surface area contributed by atoms with Crippen molar-refractivity contribution < 1.29 is 29.0 Å². The highest BCUT2D eigenvalue weighted by atomic mass is 32.1. The Morgan fingerprint density at radius 3 is 2.43 bits per heavy atom. The lowest BCUT2D eigenvalue weighted by atomic mass is 10.1. The largest absolute Gasteiger partial charge is 0.480 e. The van der Waals surface area contributed by atoms with Crippen LogP contribution in [0.2, 0.25) is 0 Å². The molecule has 2 amide bonds. The van der Waals surface area contributed by atoms with Gasteiger partial charge in [0.1, 0.15) is 18.6 Å². The van der Waals surface area contributed by atoms with E-state index in [9.17, 15) is 19.2 Å². The summed E-state index contributed by atoms with van der Waals surface area (Å²) in [4.78, 5) is 44.6. The monoisotopic (exact) mass is 321 g/mol. The number of amides is 2. The van der Waals surface area contributed by atoms with E-state index < -0.39 is 42.4 Å². The molecule has 0 bridgehead atoms. The summed E-state index contributed by atoms with van der Waals surface area (Å²) in [5.41, 5.74) is 5.47. The van der Waals surface area contributed by atoms with Crippen molar-refractivity contribution in [2.45, 2.75) is 24.9 Å². The van der Waals surface area contributed by atoms with Gasteiger partial charge >= 0.3 is 11.9 Å². The van der Waals surface area contributed by atoms with E-state index in [0.29, 0.717) is 0 Å². The number of carbonyl (C=O) groups is 4. The van der Waals surface area contributed by atoms with Crippen LogP contribution in [-0.4, -0.2) is 60.4 Å². The molecule has 0 aliphatic rings. The van der Waals surface area contributed by atoms with Crippen LogP contribution < -0.4 is 16.4 Å². The van der Waals surface area contributed by atoms with Crippen LogP contribution in [0.5, 0.6) is 0 Å². The van der Waals surface area contributed by atoms with Gasteiger partial charge in [-0.25, -0.2) is 0 Å². The summed E-state index contributed by atoms with van der Waals surface area (Å²) < 4.78 is 4.41. The fourth-order valence-electron chi connectivity index (χ4n) is 1.30. The minimum Gasteiger partial charge on any atom is -0.480 e. The molecule has 0 aliphatic heterocycles. The zero-order valence-electron chi connectivity index (χ0n) is 11.5. The Balaban J connectivity index is 4.23. The second-order valence-electron chi connectivity index (χ2n) is 4.08. The molecule has 21 heavy (non-hydrogen) atoms. The summed E-state index contributed by atoms with van der Waals surface area (Å²) in [6, 6.07) is -1.88. The van der Waals surface area contributed by atoms with Gasteiger partial charge in [0, 0.05) is 12.2 Å². The highest BCUT2D eigenvalue weighted by molar-refractivity contribution is 7.80. The molecule has 5 N–H and O–H groups in total. The molecule has 0 aliphatic carbocycles. The van der Waals surface area contributed by atoms with Gasteiger partial charge in [-0.2, -0.15) is 12.6 Å². The zero-order chi connectivity index (χ0) is 16.4. The molecule has 120 valence electrons. The van der Waals surface area contributed by atoms with E-state index in [-0.39, 0.29) is 18.6 Å². The van der Waals surface area contributed by atoms with Gasteiger partial charge in [-0.3, -0.25) is 19.2 Å². The standard InChI is InChI=1S/C11H19N3O6S/c1-20-11(19)6(12)2-3-8(15)14-7(5-21)10(18)13-4-9(16)17/h6-7,21H,2-5,12H2,1H3,(H,13,18)(H,14,15)(H,16,17)/t6-,7-/m0/s1. The van der Waals surface area contributed by atoms with Crippen molar-refractivity contribution in [1.82, 2.24) is 10.6 Å². The third-order valence-corrected chi connectivity index (χ3v) is 2.80. The van der Waals surface area contributed by atoms with E-state index in [1.165, 1.54) is 7.11 Å². The SMILES string of the molecule is COC(=O)[C@@H](N)CCC(=O)N[C@@H](CS)C(=O)NCC(=O)O. The topological polar surface area (TPSA) is 148 Å². The molecule has 0 aromatic heterocycles. The molecule has 0 unspecified atom stereocenters. The van der Waals surface area contributed by atoms with Gasteiger partial charge in [-0.15, -0.1) is 0 Å². The van der Waals surface area contributed by atoms with Gasteiger partial charge in [0.15, 0.2) is 0 Å². The average molecular weight is 321 g/mol. The quantitative estimate of drug-likeness (QED) is 0.241. The van der Waals surface area contributed by atoms with Gasteiger partial charge < -0.3 is 26.2 Å². The van der Waals surface area contributed by atoms with Gasteiger partial charge in [0.2, 0.25) is 11.8 Å². The summed E-state index contributed by atoms with van der Waals surface area (Å²) in [5.74, 6) is -2.98. The number of esters is 1. The molecule has 0 spiro atoms. The zero-order valence-corrected chi connectivity index (χ0v) is 12.4. The van der Waals surface area contributed by atoms with E-state index in [4.69, 9.17) is 10.8 Å². The minimum absolute atomic E-state index is 0.000246. The molecule has 2 atom stereocenters. The molecule has 0 fully saturated rings. The summed E-state index contributed by atoms with van der Waals surface area (Å²) in [6.07, 6.45) is -0.0126. The van der Waals surface area contributed by atoms with Crippen LogP contribution in [0, 0.1) is 0 Å². The van der Waals surface area contributed by atoms with Crippen LogP contribution in [0.1, 0.15) is 12.8 Å². The maximum absolute atomic E-state index is 11.6. The highest BCUT2D eigenvalue weighted by Crippen LogP contribution is 1.98. The fourth-order valence-corrected chi connectivity index (χ4v) is 1.56. The minimum atomic E-state index is -1.20. The first kappa shape index (κ1) is 19.2. The van der Waals surface area contributed by atoms with E-state index >= 15 is 0 Å². The number of carboxylic acid groups (broad SMARTS) is 1. The molecule has 10 heteroatoms. The Morgan fingerprint density at radius 2 is 1.95 bits per heavy atom. The number of hydrogen-bond acceptors (Lipinski definition) is 7. The summed E-state index contributed by atoms with van der Waals surface area (Å²) in [7, 11) is 1.19. The number of nitrogens with one attached hydrogen (secondary N) is 2. The molecule has 0 aromatic rings. The lowest BCUT2D eigenvalue weighted by molar-refractivity contribution is -0.142. The summed E-state index contributed by atoms with van der Waals surface area (Å²) in [6.45, 7) is -0.549. The predicted molar refractivity (Wildman–Crippen MR) is 75.7 cm³/mol. The Labute approximate surface area is 127 Å². The molecule has 0 heterocycles. The van der Waals surface area contributed by atoms with Crippen LogP contribution >= 0.6 is 12.6 Å². The first-order valence-corrected chi connectivity index (χ1v) is 6.68. The molecule has 0 aromatic carbocycles. The third kappa shape index (κ3) is 8.15. The normalized spacial score (nSPS) is 12.9. The van der Waals surface area contributed by atoms with E-state index in [1.54, 1.807) is 0 Å². The molecule has 0 rings (SSSR count). The number of thiol groups is 1. The second kappa shape index (κ2) is 10.00. The van der Waals surface area contributed by atoms with E-state index in [1.807, 2.05) is 0 Å². The molecular weight excluding hydrogens is 302 g/mol. The van der Waals surface area contributed by atoms with Gasteiger partial charge in [-0.05, 0) is 6.42 Å². The highest BCUT2D eigenvalue weighted by Gasteiger charge is 2.21. The first-order chi connectivity index (χ1) is 9.81. The van der Waals surface area contributed by atoms with Gasteiger partial charge in [0.25, 0.3) is 0 Å². The van der Waals surface area contributed by atoms with Crippen molar-refractivity contribution in [2.75, 3.05) is 19.4 Å². The van der Waals surface area contributed by atoms with Crippen LogP contribution in [0.15, 0.2) is 0 Å². The average Bonchev–Trinajstić information content (AvgIpc) is 2.46. The summed E-state index contributed by atoms with van der Waals surface area (Å²) in [5, 5.41) is 12.9. The maximum Gasteiger partial charge on any atom is 0.322 e. The number of methoxy groups -OCH3 is 1. The lowest BCUT2D eigenvalue weighted by Crippen LogP contribution is -2.49. The molecule has 0 saturated heterocycles. The van der Waals surface area contributed by atoms with Crippen molar-refractivity contribution in [3.8, 4) is 0 Å². The smallest absolute Gasteiger partial charge is 0.322 e. The molecule has 0 saturated carbocycles. The van der Waals surface area contributed by atoms with Crippen LogP contribution in [0.3, 0.4) is 0 Å². The Hall–Kier alpha value is -1.81. The third-order valence-electron chi connectivity index (χ3n) is 2.43.